The van der Waals surface area contributed by atoms with Crippen LogP contribution in [0.15, 0.2) is 18.2 Å². The molecule has 164 valence electrons. The molecule has 0 bridgehead atoms. The average Bonchev–Trinajstić information content (AvgIpc) is 3.01. The Hall–Kier alpha value is -1.51. The molecule has 1 saturated heterocycles. The first-order chi connectivity index (χ1) is 12.7. The lowest BCUT2D eigenvalue weighted by atomic mass is 9.96. The van der Waals surface area contributed by atoms with E-state index >= 15 is 0 Å². The Morgan fingerprint density at radius 3 is 2.38 bits per heavy atom. The molecule has 0 spiro atoms. The zero-order valence-electron chi connectivity index (χ0n) is 16.6. The first kappa shape index (κ1) is 25.5. The summed E-state index contributed by atoms with van der Waals surface area (Å²) in [5.74, 6) is -0.518. The molecule has 29 heavy (non-hydrogen) atoms. The van der Waals surface area contributed by atoms with Crippen molar-refractivity contribution >= 4 is 41.8 Å². The van der Waals surface area contributed by atoms with E-state index in [1.807, 2.05) is 7.05 Å². The molecule has 1 aliphatic rings. The minimum Gasteiger partial charge on any atom is -0.339 e. The summed E-state index contributed by atoms with van der Waals surface area (Å²) in [5, 5.41) is 3.16. The fourth-order valence-electron chi connectivity index (χ4n) is 3.77. The quantitative estimate of drug-likeness (QED) is 0.736. The van der Waals surface area contributed by atoms with Crippen molar-refractivity contribution in [3.8, 4) is 0 Å². The van der Waals surface area contributed by atoms with Gasteiger partial charge >= 0.3 is 6.18 Å². The summed E-state index contributed by atoms with van der Waals surface area (Å²) in [7, 11) is 1.91. The van der Waals surface area contributed by atoms with Gasteiger partial charge in [0.2, 0.25) is 5.82 Å². The van der Waals surface area contributed by atoms with E-state index in [0.717, 1.165) is 19.4 Å². The van der Waals surface area contributed by atoms with E-state index < -0.39 is 12.0 Å². The maximum Gasteiger partial charge on any atom is 0.449 e. The number of imidazole rings is 1. The number of benzene rings is 1. The molecular formula is C19H27Cl2F3N4O. The summed E-state index contributed by atoms with van der Waals surface area (Å²) in [6.07, 6.45) is -2.69. The van der Waals surface area contributed by atoms with Gasteiger partial charge < -0.3 is 14.8 Å². The Labute approximate surface area is 180 Å². The van der Waals surface area contributed by atoms with Crippen LogP contribution in [0.25, 0.3) is 11.0 Å². The van der Waals surface area contributed by atoms with Crippen LogP contribution in [-0.2, 0) is 6.18 Å². The monoisotopic (exact) mass is 454 g/mol. The molecule has 0 radical (unpaired) electrons. The molecule has 0 aliphatic carbocycles. The number of amides is 1. The van der Waals surface area contributed by atoms with Gasteiger partial charge in [0.05, 0.1) is 11.0 Å². The van der Waals surface area contributed by atoms with Gasteiger partial charge in [0.1, 0.15) is 0 Å². The second-order valence-corrected chi connectivity index (χ2v) is 7.39. The smallest absolute Gasteiger partial charge is 0.339 e. The Morgan fingerprint density at radius 1 is 1.24 bits per heavy atom. The molecule has 1 amide bonds. The number of carbonyl (C=O) groups is 1. The number of carbonyl (C=O) groups excluding carboxylic acids is 1. The normalized spacial score (nSPS) is 15.3. The van der Waals surface area contributed by atoms with E-state index in [9.17, 15) is 18.0 Å². The van der Waals surface area contributed by atoms with Crippen LogP contribution in [0.5, 0.6) is 0 Å². The number of rotatable bonds is 4. The largest absolute Gasteiger partial charge is 0.449 e. The van der Waals surface area contributed by atoms with Crippen LogP contribution in [-0.4, -0.2) is 47.0 Å². The van der Waals surface area contributed by atoms with Gasteiger partial charge in [0.25, 0.3) is 5.91 Å². The third kappa shape index (κ3) is 5.35. The second-order valence-electron chi connectivity index (χ2n) is 7.39. The molecule has 1 N–H and O–H groups in total. The van der Waals surface area contributed by atoms with Crippen LogP contribution in [0.4, 0.5) is 13.2 Å². The summed E-state index contributed by atoms with van der Waals surface area (Å²) in [6, 6.07) is 4.26. The maximum absolute atomic E-state index is 13.3. The van der Waals surface area contributed by atoms with E-state index in [0.29, 0.717) is 30.1 Å². The molecule has 2 aromatic rings. The summed E-state index contributed by atoms with van der Waals surface area (Å²) in [5.41, 5.74) is 0.977. The molecule has 2 heterocycles. The topological polar surface area (TPSA) is 50.2 Å². The predicted octanol–water partition coefficient (Wildman–Crippen LogP) is 4.55. The van der Waals surface area contributed by atoms with Gasteiger partial charge in [-0.2, -0.15) is 13.2 Å². The minimum absolute atomic E-state index is 0. The fraction of sp³-hybridized carbons (Fsp3) is 0.579. The van der Waals surface area contributed by atoms with Gasteiger partial charge in [-0.1, -0.05) is 0 Å². The highest BCUT2D eigenvalue weighted by Crippen LogP contribution is 2.34. The highest BCUT2D eigenvalue weighted by Gasteiger charge is 2.38. The SMILES string of the molecule is CNCC1CCN(C(=O)c2ccc3c(c2)nc(C(F)(F)F)n3C(C)C)CC1.Cl.Cl. The average molecular weight is 455 g/mol. The molecule has 1 aromatic carbocycles. The number of piperidine rings is 1. The molecule has 1 fully saturated rings. The Kier molecular flexibility index (Phi) is 8.80. The van der Waals surface area contributed by atoms with Crippen LogP contribution in [0.3, 0.4) is 0 Å². The number of hydrogen-bond acceptors (Lipinski definition) is 3. The zero-order valence-corrected chi connectivity index (χ0v) is 18.3. The lowest BCUT2D eigenvalue weighted by Gasteiger charge is -2.32. The van der Waals surface area contributed by atoms with Crippen molar-refractivity contribution in [3.05, 3.63) is 29.6 Å². The zero-order chi connectivity index (χ0) is 19.8. The Morgan fingerprint density at radius 2 is 1.86 bits per heavy atom. The van der Waals surface area contributed by atoms with Crippen LogP contribution in [0.2, 0.25) is 0 Å². The second kappa shape index (κ2) is 10.00. The minimum atomic E-state index is -4.54. The number of fused-ring (bicyclic) bond motifs is 1. The van der Waals surface area contributed by atoms with E-state index in [1.54, 1.807) is 30.9 Å². The van der Waals surface area contributed by atoms with Crippen molar-refractivity contribution in [1.82, 2.24) is 19.8 Å². The summed E-state index contributed by atoms with van der Waals surface area (Å²) in [4.78, 5) is 18.3. The first-order valence-electron chi connectivity index (χ1n) is 9.25. The van der Waals surface area contributed by atoms with Crippen molar-refractivity contribution < 1.29 is 18.0 Å². The number of hydrogen-bond donors (Lipinski definition) is 1. The number of likely N-dealkylation sites (tertiary alicyclic amines) is 1. The number of alkyl halides is 3. The number of nitrogens with one attached hydrogen (secondary N) is 1. The molecule has 5 nitrogen and oxygen atoms in total. The van der Waals surface area contributed by atoms with Crippen molar-refractivity contribution in [2.45, 2.75) is 38.9 Å². The van der Waals surface area contributed by atoms with Crippen LogP contribution >= 0.6 is 24.8 Å². The number of halogens is 5. The van der Waals surface area contributed by atoms with E-state index in [4.69, 9.17) is 0 Å². The number of nitrogens with zero attached hydrogens (tertiary/aromatic N) is 3. The maximum atomic E-state index is 13.3. The summed E-state index contributed by atoms with van der Waals surface area (Å²) < 4.78 is 41.2. The van der Waals surface area contributed by atoms with Crippen molar-refractivity contribution in [2.24, 2.45) is 5.92 Å². The number of aromatic nitrogens is 2. The molecule has 0 atom stereocenters. The van der Waals surface area contributed by atoms with Gasteiger partial charge in [-0.15, -0.1) is 24.8 Å². The molecule has 1 aromatic heterocycles. The molecule has 1 aliphatic heterocycles. The fourth-order valence-corrected chi connectivity index (χ4v) is 3.77. The van der Waals surface area contributed by atoms with Gasteiger partial charge in [0, 0.05) is 24.7 Å². The third-order valence-corrected chi connectivity index (χ3v) is 5.10. The van der Waals surface area contributed by atoms with Crippen LogP contribution < -0.4 is 5.32 Å². The van der Waals surface area contributed by atoms with Gasteiger partial charge in [0.15, 0.2) is 0 Å². The molecular weight excluding hydrogens is 428 g/mol. The predicted molar refractivity (Wildman–Crippen MR) is 112 cm³/mol. The van der Waals surface area contributed by atoms with Gasteiger partial charge in [-0.3, -0.25) is 4.79 Å². The van der Waals surface area contributed by atoms with Crippen LogP contribution in [0, 0.1) is 5.92 Å². The highest BCUT2D eigenvalue weighted by molar-refractivity contribution is 5.97. The van der Waals surface area contributed by atoms with E-state index in [-0.39, 0.29) is 42.3 Å². The van der Waals surface area contributed by atoms with Gasteiger partial charge in [-0.05, 0) is 64.4 Å². The summed E-state index contributed by atoms with van der Waals surface area (Å²) >= 11 is 0. The molecule has 0 unspecified atom stereocenters. The first-order valence-corrected chi connectivity index (χ1v) is 9.25. The Balaban J connectivity index is 0.00000210. The third-order valence-electron chi connectivity index (χ3n) is 5.10. The van der Waals surface area contributed by atoms with E-state index in [2.05, 4.69) is 10.3 Å². The molecule has 0 saturated carbocycles. The van der Waals surface area contributed by atoms with E-state index in [1.165, 1.54) is 10.6 Å². The molecule has 3 rings (SSSR count). The summed E-state index contributed by atoms with van der Waals surface area (Å²) in [6.45, 7) is 5.63. The van der Waals surface area contributed by atoms with Crippen molar-refractivity contribution in [3.63, 3.8) is 0 Å². The van der Waals surface area contributed by atoms with Gasteiger partial charge in [-0.25, -0.2) is 4.98 Å². The highest BCUT2D eigenvalue weighted by atomic mass is 35.5. The van der Waals surface area contributed by atoms with Crippen molar-refractivity contribution in [1.29, 1.82) is 0 Å². The molecule has 10 heteroatoms. The van der Waals surface area contributed by atoms with Crippen LogP contribution in [0.1, 0.15) is 48.9 Å². The lowest BCUT2D eigenvalue weighted by molar-refractivity contribution is -0.147. The Bertz CT molecular complexity index is 831. The van der Waals surface area contributed by atoms with Crippen molar-refractivity contribution in [2.75, 3.05) is 26.7 Å². The lowest BCUT2D eigenvalue weighted by Crippen LogP contribution is -2.40. The standard InChI is InChI=1S/C19H25F3N4O.2ClH/c1-12(2)26-16-5-4-14(10-15(16)24-18(26)19(20,21)22)17(27)25-8-6-13(7-9-25)11-23-3;;/h4-5,10,12-13,23H,6-9,11H2,1-3H3;2*1H.